The molecule has 0 spiro atoms. The lowest BCUT2D eigenvalue weighted by atomic mass is 9.86. The van der Waals surface area contributed by atoms with E-state index in [2.05, 4.69) is 32.7 Å². The summed E-state index contributed by atoms with van der Waals surface area (Å²) in [5.74, 6) is 0.687. The number of nitrogens with two attached hydrogens (primary N) is 1. The maximum absolute atomic E-state index is 5.52. The Labute approximate surface area is 69.9 Å². The van der Waals surface area contributed by atoms with Crippen molar-refractivity contribution in [2.75, 3.05) is 0 Å². The highest BCUT2D eigenvalue weighted by atomic mass is 14.9. The van der Waals surface area contributed by atoms with Gasteiger partial charge in [-0.1, -0.05) is 27.7 Å². The van der Waals surface area contributed by atoms with Crippen LogP contribution in [0.3, 0.4) is 0 Å². The maximum Gasteiger partial charge on any atom is 0.0909 e. The molecule has 11 heavy (non-hydrogen) atoms. The second-order valence-corrected chi connectivity index (χ2v) is 4.06. The first kappa shape index (κ1) is 10.5. The zero-order chi connectivity index (χ0) is 9.07. The van der Waals surface area contributed by atoms with Gasteiger partial charge in [-0.2, -0.15) is 0 Å². The van der Waals surface area contributed by atoms with Gasteiger partial charge in [-0.15, -0.1) is 0 Å². The van der Waals surface area contributed by atoms with Gasteiger partial charge in [-0.25, -0.2) is 0 Å². The van der Waals surface area contributed by atoms with Crippen molar-refractivity contribution in [2.24, 2.45) is 16.1 Å². The molecule has 2 nitrogen and oxygen atoms in total. The van der Waals surface area contributed by atoms with Gasteiger partial charge in [0.1, 0.15) is 0 Å². The van der Waals surface area contributed by atoms with Crippen molar-refractivity contribution in [3.8, 4) is 0 Å². The predicted octanol–water partition coefficient (Wildman–Crippen LogP) is 2.19. The predicted molar refractivity (Wildman–Crippen MR) is 50.8 cm³/mol. The van der Waals surface area contributed by atoms with E-state index < -0.39 is 0 Å². The summed E-state index contributed by atoms with van der Waals surface area (Å²) in [5.41, 5.74) is 5.75. The Morgan fingerprint density at radius 2 is 1.91 bits per heavy atom. The lowest BCUT2D eigenvalue weighted by Crippen LogP contribution is -2.26. The molecule has 0 saturated heterocycles. The molecule has 0 heterocycles. The van der Waals surface area contributed by atoms with Crippen molar-refractivity contribution >= 4 is 5.84 Å². The Morgan fingerprint density at radius 1 is 1.45 bits per heavy atom. The van der Waals surface area contributed by atoms with E-state index in [-0.39, 0.29) is 5.41 Å². The van der Waals surface area contributed by atoms with Gasteiger partial charge < -0.3 is 5.73 Å². The topological polar surface area (TPSA) is 38.4 Å². The lowest BCUT2D eigenvalue weighted by molar-refractivity contribution is 0.315. The quantitative estimate of drug-likeness (QED) is 0.483. The molecule has 66 valence electrons. The molecule has 0 bridgehead atoms. The molecule has 0 aliphatic rings. The first-order chi connectivity index (χ1) is 4.88. The van der Waals surface area contributed by atoms with Crippen LogP contribution >= 0.6 is 0 Å². The van der Waals surface area contributed by atoms with Crippen molar-refractivity contribution in [1.82, 2.24) is 0 Å². The third-order valence-corrected chi connectivity index (χ3v) is 1.75. The van der Waals surface area contributed by atoms with Crippen molar-refractivity contribution in [3.05, 3.63) is 0 Å². The first-order valence-electron chi connectivity index (χ1n) is 4.17. The van der Waals surface area contributed by atoms with Gasteiger partial charge in [0, 0.05) is 0 Å². The smallest absolute Gasteiger partial charge is 0.0909 e. The minimum Gasteiger partial charge on any atom is -0.388 e. The molecule has 0 rings (SSSR count). The minimum absolute atomic E-state index is 0.232. The maximum atomic E-state index is 5.52. The largest absolute Gasteiger partial charge is 0.388 e. The fourth-order valence-corrected chi connectivity index (χ4v) is 1.14. The molecule has 0 amide bonds. The summed E-state index contributed by atoms with van der Waals surface area (Å²) in [4.78, 5) is 4.36. The average molecular weight is 156 g/mol. The molecular formula is C9H20N2. The zero-order valence-electron chi connectivity index (χ0n) is 8.31. The van der Waals surface area contributed by atoms with E-state index in [9.17, 15) is 0 Å². The van der Waals surface area contributed by atoms with E-state index in [1.165, 1.54) is 0 Å². The van der Waals surface area contributed by atoms with Gasteiger partial charge in [0.05, 0.1) is 11.9 Å². The van der Waals surface area contributed by atoms with E-state index in [0.717, 1.165) is 6.42 Å². The van der Waals surface area contributed by atoms with Crippen molar-refractivity contribution in [3.63, 3.8) is 0 Å². The first-order valence-corrected chi connectivity index (χ1v) is 4.17. The molecule has 2 N–H and O–H groups in total. The highest BCUT2D eigenvalue weighted by Crippen LogP contribution is 2.24. The van der Waals surface area contributed by atoms with E-state index in [1.54, 1.807) is 0 Å². The Bertz CT molecular complexity index is 138. The van der Waals surface area contributed by atoms with Crippen LogP contribution in [0.25, 0.3) is 0 Å². The molecule has 1 unspecified atom stereocenters. The highest BCUT2D eigenvalue weighted by molar-refractivity contribution is 5.77. The summed E-state index contributed by atoms with van der Waals surface area (Å²) >= 11 is 0. The number of amidine groups is 1. The van der Waals surface area contributed by atoms with E-state index >= 15 is 0 Å². The Hall–Kier alpha value is -0.530. The van der Waals surface area contributed by atoms with Crippen LogP contribution in [0.1, 0.15) is 41.0 Å². The summed E-state index contributed by atoms with van der Waals surface area (Å²) in [6, 6.07) is 0.354. The Morgan fingerprint density at radius 3 is 2.00 bits per heavy atom. The molecule has 1 atom stereocenters. The third-order valence-electron chi connectivity index (χ3n) is 1.75. The third kappa shape index (κ3) is 4.02. The minimum atomic E-state index is 0.232. The van der Waals surface area contributed by atoms with Gasteiger partial charge in [0.15, 0.2) is 0 Å². The monoisotopic (exact) mass is 156 g/mol. The van der Waals surface area contributed by atoms with Crippen LogP contribution in [0.5, 0.6) is 0 Å². The van der Waals surface area contributed by atoms with Crippen LogP contribution in [0.2, 0.25) is 0 Å². The fraction of sp³-hybridized carbons (Fsp3) is 0.889. The van der Waals surface area contributed by atoms with Crippen LogP contribution in [-0.4, -0.2) is 11.9 Å². The van der Waals surface area contributed by atoms with E-state index in [4.69, 9.17) is 5.73 Å². The highest BCUT2D eigenvalue weighted by Gasteiger charge is 2.21. The van der Waals surface area contributed by atoms with Crippen molar-refractivity contribution in [2.45, 2.75) is 47.1 Å². The average Bonchev–Trinajstić information content (AvgIpc) is 1.79. The molecule has 0 saturated carbocycles. The molecule has 0 radical (unpaired) electrons. The van der Waals surface area contributed by atoms with Gasteiger partial charge in [0.25, 0.3) is 0 Å². The summed E-state index contributed by atoms with van der Waals surface area (Å²) in [5, 5.41) is 0. The van der Waals surface area contributed by atoms with E-state index in [0.29, 0.717) is 11.9 Å². The number of nitrogens with zero attached hydrogens (tertiary/aromatic N) is 1. The Balaban J connectivity index is 4.31. The molecule has 0 fully saturated rings. The van der Waals surface area contributed by atoms with E-state index in [1.807, 2.05) is 6.92 Å². The number of hydrogen-bond acceptors (Lipinski definition) is 1. The van der Waals surface area contributed by atoms with Crippen molar-refractivity contribution in [1.29, 1.82) is 0 Å². The van der Waals surface area contributed by atoms with Crippen LogP contribution in [0, 0.1) is 5.41 Å². The molecular weight excluding hydrogens is 136 g/mol. The molecule has 0 aliphatic carbocycles. The number of aliphatic imine (C=N–C) groups is 1. The van der Waals surface area contributed by atoms with Gasteiger partial charge in [-0.3, -0.25) is 4.99 Å². The van der Waals surface area contributed by atoms with Gasteiger partial charge in [0.2, 0.25) is 0 Å². The zero-order valence-corrected chi connectivity index (χ0v) is 8.31. The van der Waals surface area contributed by atoms with Gasteiger partial charge in [-0.05, 0) is 18.8 Å². The fourth-order valence-electron chi connectivity index (χ4n) is 1.14. The summed E-state index contributed by atoms with van der Waals surface area (Å²) in [6.45, 7) is 10.5. The molecule has 2 heteroatoms. The number of rotatable bonds is 2. The van der Waals surface area contributed by atoms with Crippen molar-refractivity contribution < 1.29 is 0 Å². The van der Waals surface area contributed by atoms with Crippen LogP contribution in [-0.2, 0) is 0 Å². The number of hydrogen-bond donors (Lipinski definition) is 1. The van der Waals surface area contributed by atoms with Crippen LogP contribution in [0.15, 0.2) is 4.99 Å². The second-order valence-electron chi connectivity index (χ2n) is 4.06. The van der Waals surface area contributed by atoms with Crippen LogP contribution < -0.4 is 5.73 Å². The van der Waals surface area contributed by atoms with Gasteiger partial charge >= 0.3 is 0 Å². The lowest BCUT2D eigenvalue weighted by Gasteiger charge is -2.26. The standard InChI is InChI=1S/C9H20N2/c1-6-8(9(3,4)5)11-7(2)10/h8H,6H2,1-5H3,(H2,10,11). The van der Waals surface area contributed by atoms with Crippen LogP contribution in [0.4, 0.5) is 0 Å². The summed E-state index contributed by atoms with van der Waals surface area (Å²) in [7, 11) is 0. The summed E-state index contributed by atoms with van der Waals surface area (Å²) < 4.78 is 0. The molecule has 0 aliphatic heterocycles. The Kier molecular flexibility index (Phi) is 3.56. The molecule has 0 aromatic carbocycles. The summed E-state index contributed by atoms with van der Waals surface area (Å²) in [6.07, 6.45) is 1.05. The second kappa shape index (κ2) is 3.74. The molecule has 0 aromatic heterocycles. The SMILES string of the molecule is CCC(N=C(C)N)C(C)(C)C. The normalized spacial score (nSPS) is 16.6. The molecule has 0 aromatic rings.